The molecule has 2 heterocycles. The molecule has 3 aromatic rings. The van der Waals surface area contributed by atoms with Crippen LogP contribution in [0.1, 0.15) is 46.7 Å². The lowest BCUT2D eigenvalue weighted by atomic mass is 9.90. The predicted octanol–water partition coefficient (Wildman–Crippen LogP) is 4.66. The molecule has 1 aromatic heterocycles. The number of anilines is 2. The highest BCUT2D eigenvalue weighted by Gasteiger charge is 2.35. The number of nitrogens with two attached hydrogens (primary N) is 1. The van der Waals surface area contributed by atoms with Crippen LogP contribution in [0.4, 0.5) is 29.2 Å². The van der Waals surface area contributed by atoms with Crippen molar-refractivity contribution in [3.05, 3.63) is 82.4 Å². The van der Waals surface area contributed by atoms with Crippen LogP contribution < -0.4 is 16.4 Å². The van der Waals surface area contributed by atoms with E-state index in [-0.39, 0.29) is 42.5 Å². The number of piperidine rings is 1. The van der Waals surface area contributed by atoms with E-state index < -0.39 is 23.5 Å². The zero-order valence-corrected chi connectivity index (χ0v) is 19.5. The topological polar surface area (TPSA) is 92.9 Å². The van der Waals surface area contributed by atoms with Crippen LogP contribution in [0.25, 0.3) is 0 Å². The fourth-order valence-corrected chi connectivity index (χ4v) is 4.48. The number of hydrogen-bond donors (Lipinski definition) is 3. The average molecular weight is 502 g/mol. The van der Waals surface area contributed by atoms with Gasteiger partial charge in [0.25, 0.3) is 0 Å². The van der Waals surface area contributed by atoms with Gasteiger partial charge in [0.15, 0.2) is 0 Å². The molecule has 1 saturated heterocycles. The number of halogens is 4. The largest absolute Gasteiger partial charge is 0.419 e. The molecule has 4 rings (SSSR count). The van der Waals surface area contributed by atoms with E-state index in [1.807, 2.05) is 6.07 Å². The zero-order chi connectivity index (χ0) is 25.7. The van der Waals surface area contributed by atoms with Crippen LogP contribution in [-0.4, -0.2) is 29.0 Å². The Kier molecular flexibility index (Phi) is 7.83. The Morgan fingerprint density at radius 1 is 1.08 bits per heavy atom. The van der Waals surface area contributed by atoms with Crippen molar-refractivity contribution in [2.75, 3.05) is 18.4 Å². The molecule has 0 aliphatic carbocycles. The molecule has 190 valence electrons. The summed E-state index contributed by atoms with van der Waals surface area (Å²) >= 11 is 0. The first-order valence-electron chi connectivity index (χ1n) is 11.8. The lowest BCUT2D eigenvalue weighted by Gasteiger charge is -2.23. The van der Waals surface area contributed by atoms with E-state index in [0.29, 0.717) is 17.3 Å². The minimum atomic E-state index is -4.65. The quantitative estimate of drug-likeness (QED) is 0.391. The highest BCUT2D eigenvalue weighted by Crippen LogP contribution is 2.33. The summed E-state index contributed by atoms with van der Waals surface area (Å²) in [5.74, 6) is -0.908. The van der Waals surface area contributed by atoms with E-state index in [9.17, 15) is 22.4 Å². The number of aryl methyl sites for hydroxylation is 2. The van der Waals surface area contributed by atoms with Crippen molar-refractivity contribution in [2.24, 2.45) is 5.73 Å². The lowest BCUT2D eigenvalue weighted by Crippen LogP contribution is -2.26. The highest BCUT2D eigenvalue weighted by atomic mass is 19.4. The Morgan fingerprint density at radius 3 is 2.47 bits per heavy atom. The second-order valence-corrected chi connectivity index (χ2v) is 8.85. The Hall–Kier alpha value is -3.53. The van der Waals surface area contributed by atoms with Crippen LogP contribution in [0.5, 0.6) is 0 Å². The van der Waals surface area contributed by atoms with Crippen molar-refractivity contribution in [1.29, 1.82) is 0 Å². The number of carbonyl (C=O) groups is 1. The molecule has 1 aliphatic heterocycles. The molecule has 1 amide bonds. The van der Waals surface area contributed by atoms with Crippen molar-refractivity contribution in [2.45, 2.75) is 44.2 Å². The second-order valence-electron chi connectivity index (χ2n) is 8.85. The molecule has 0 bridgehead atoms. The first-order chi connectivity index (χ1) is 17.2. The Balaban J connectivity index is 1.55. The summed E-state index contributed by atoms with van der Waals surface area (Å²) < 4.78 is 55.8. The summed E-state index contributed by atoms with van der Waals surface area (Å²) in [4.78, 5) is 19.2. The van der Waals surface area contributed by atoms with Crippen molar-refractivity contribution in [3.63, 3.8) is 0 Å². The molecule has 4 N–H and O–H groups in total. The number of carbonyl (C=O) groups excluding carboxylic acids is 1. The maximum absolute atomic E-state index is 14.8. The molecule has 0 radical (unpaired) electrons. The van der Waals surface area contributed by atoms with Gasteiger partial charge in [-0.25, -0.2) is 14.4 Å². The maximum atomic E-state index is 14.8. The van der Waals surface area contributed by atoms with Gasteiger partial charge in [0, 0.05) is 6.20 Å². The third-order valence-electron chi connectivity index (χ3n) is 6.34. The van der Waals surface area contributed by atoms with Crippen molar-refractivity contribution in [1.82, 2.24) is 15.3 Å². The molecule has 1 fully saturated rings. The summed E-state index contributed by atoms with van der Waals surface area (Å²) in [5.41, 5.74) is 6.45. The van der Waals surface area contributed by atoms with Gasteiger partial charge in [-0.05, 0) is 73.5 Å². The second kappa shape index (κ2) is 11.0. The number of primary amides is 1. The molecule has 0 atom stereocenters. The van der Waals surface area contributed by atoms with Gasteiger partial charge in [0.05, 0.1) is 23.4 Å². The van der Waals surface area contributed by atoms with E-state index in [1.54, 1.807) is 30.3 Å². The Morgan fingerprint density at radius 2 is 1.81 bits per heavy atom. The van der Waals surface area contributed by atoms with Gasteiger partial charge in [0.1, 0.15) is 5.82 Å². The summed E-state index contributed by atoms with van der Waals surface area (Å²) in [6, 6.07) is 11.8. The number of amides is 1. The lowest BCUT2D eigenvalue weighted by molar-refractivity contribution is -0.138. The van der Waals surface area contributed by atoms with Crippen molar-refractivity contribution in [3.8, 4) is 0 Å². The van der Waals surface area contributed by atoms with Crippen molar-refractivity contribution < 1.29 is 22.4 Å². The number of aromatic nitrogens is 2. The first-order valence-corrected chi connectivity index (χ1v) is 11.8. The third kappa shape index (κ3) is 6.37. The predicted molar refractivity (Wildman–Crippen MR) is 128 cm³/mol. The number of rotatable bonds is 8. The average Bonchev–Trinajstić information content (AvgIpc) is 2.84. The molecule has 0 spiro atoms. The highest BCUT2D eigenvalue weighted by molar-refractivity contribution is 5.77. The fraction of sp³-hybridized carbons (Fsp3) is 0.346. The summed E-state index contributed by atoms with van der Waals surface area (Å²) in [5, 5.41) is 5.99. The van der Waals surface area contributed by atoms with Gasteiger partial charge in [-0.1, -0.05) is 30.3 Å². The standard InChI is InChI=1S/C26H27F4N5O/c27-21-13-19(17-9-11-32-12-10-17)6-8-23(21)35-25-33-15-20(26(28,29)30)22(34-25)7-5-16-3-1-2-4-18(16)14-24(31)36/h1-4,6,8,13,15,17,32H,5,7,9-12,14H2,(H2,31,36)(H,33,34,35). The summed E-state index contributed by atoms with van der Waals surface area (Å²) in [6.07, 6.45) is -1.96. The van der Waals surface area contributed by atoms with E-state index in [4.69, 9.17) is 5.73 Å². The smallest absolute Gasteiger partial charge is 0.369 e. The molecule has 0 saturated carbocycles. The molecule has 10 heteroatoms. The van der Waals surface area contributed by atoms with Crippen LogP contribution >= 0.6 is 0 Å². The number of benzene rings is 2. The van der Waals surface area contributed by atoms with Gasteiger partial charge in [-0.3, -0.25) is 4.79 Å². The zero-order valence-electron chi connectivity index (χ0n) is 19.5. The minimum absolute atomic E-state index is 0.00841. The number of nitrogens with one attached hydrogen (secondary N) is 2. The molecule has 36 heavy (non-hydrogen) atoms. The number of alkyl halides is 3. The van der Waals surface area contributed by atoms with Gasteiger partial charge in [0.2, 0.25) is 11.9 Å². The minimum Gasteiger partial charge on any atom is -0.369 e. The van der Waals surface area contributed by atoms with Crippen LogP contribution in [0.3, 0.4) is 0 Å². The molecule has 0 unspecified atom stereocenters. The van der Waals surface area contributed by atoms with Gasteiger partial charge < -0.3 is 16.4 Å². The van der Waals surface area contributed by atoms with Gasteiger partial charge in [-0.15, -0.1) is 0 Å². The Bertz CT molecular complexity index is 1230. The molecule has 6 nitrogen and oxygen atoms in total. The van der Waals surface area contributed by atoms with E-state index in [0.717, 1.165) is 31.5 Å². The Labute approximate surface area is 206 Å². The monoisotopic (exact) mass is 501 g/mol. The summed E-state index contributed by atoms with van der Waals surface area (Å²) in [7, 11) is 0. The van der Waals surface area contributed by atoms with Gasteiger partial charge in [-0.2, -0.15) is 13.2 Å². The van der Waals surface area contributed by atoms with Crippen LogP contribution in [0, 0.1) is 5.82 Å². The first kappa shape index (κ1) is 25.6. The van der Waals surface area contributed by atoms with Gasteiger partial charge >= 0.3 is 6.18 Å². The van der Waals surface area contributed by atoms with Crippen molar-refractivity contribution >= 4 is 17.5 Å². The summed E-state index contributed by atoms with van der Waals surface area (Å²) in [6.45, 7) is 1.75. The SMILES string of the molecule is NC(=O)Cc1ccccc1CCc1nc(Nc2ccc(C3CCNCC3)cc2F)ncc1C(F)(F)F. The molecular weight excluding hydrogens is 474 g/mol. The van der Waals surface area contributed by atoms with E-state index in [1.165, 1.54) is 6.07 Å². The van der Waals surface area contributed by atoms with E-state index >= 15 is 0 Å². The van der Waals surface area contributed by atoms with Crippen LogP contribution in [0.2, 0.25) is 0 Å². The molecule has 1 aliphatic rings. The number of nitrogens with zero attached hydrogens (tertiary/aromatic N) is 2. The normalized spacial score (nSPS) is 14.6. The number of hydrogen-bond acceptors (Lipinski definition) is 5. The maximum Gasteiger partial charge on any atom is 0.419 e. The van der Waals surface area contributed by atoms with Crippen LogP contribution in [-0.2, 0) is 30.2 Å². The molecule has 2 aromatic carbocycles. The van der Waals surface area contributed by atoms with E-state index in [2.05, 4.69) is 20.6 Å². The molecular formula is C26H27F4N5O. The van der Waals surface area contributed by atoms with Crippen LogP contribution in [0.15, 0.2) is 48.7 Å². The fourth-order valence-electron chi connectivity index (χ4n) is 4.48. The third-order valence-corrected chi connectivity index (χ3v) is 6.34.